The van der Waals surface area contributed by atoms with Crippen molar-refractivity contribution < 1.29 is 9.90 Å². The predicted octanol–water partition coefficient (Wildman–Crippen LogP) is 0.878. The first-order chi connectivity index (χ1) is 10.9. The molecule has 0 saturated carbocycles. The molecule has 0 bridgehead atoms. The van der Waals surface area contributed by atoms with Gasteiger partial charge in [0, 0.05) is 24.7 Å². The van der Waals surface area contributed by atoms with E-state index in [1.54, 1.807) is 21.8 Å². The van der Waals surface area contributed by atoms with Gasteiger partial charge in [-0.05, 0) is 26.3 Å². The summed E-state index contributed by atoms with van der Waals surface area (Å²) in [5.74, 6) is -0.173. The molecule has 1 fully saturated rings. The van der Waals surface area contributed by atoms with Crippen molar-refractivity contribution in [2.45, 2.75) is 45.3 Å². The van der Waals surface area contributed by atoms with Crippen LogP contribution in [0.3, 0.4) is 0 Å². The topological polar surface area (TPSA) is 99.9 Å². The molecule has 1 saturated heterocycles. The van der Waals surface area contributed by atoms with E-state index in [0.717, 1.165) is 12.1 Å². The number of aromatic amines is 1. The molecule has 1 unspecified atom stereocenters. The molecule has 23 heavy (non-hydrogen) atoms. The number of carbonyl (C=O) groups excluding carboxylic acids is 1. The highest BCUT2D eigenvalue weighted by Crippen LogP contribution is 2.31. The van der Waals surface area contributed by atoms with Gasteiger partial charge in [0.25, 0.3) is 5.91 Å². The Labute approximate surface area is 134 Å². The molecule has 8 nitrogen and oxygen atoms in total. The van der Waals surface area contributed by atoms with Crippen LogP contribution in [0, 0.1) is 0 Å². The van der Waals surface area contributed by atoms with Gasteiger partial charge in [-0.3, -0.25) is 9.89 Å². The van der Waals surface area contributed by atoms with Crippen LogP contribution in [-0.2, 0) is 12.0 Å². The first-order valence-electron chi connectivity index (χ1n) is 7.91. The third kappa shape index (κ3) is 2.86. The van der Waals surface area contributed by atoms with Gasteiger partial charge >= 0.3 is 0 Å². The SMILES string of the molecule is CCc1cc(C(=O)N2CCC(O)(c3cn(C(C)C)nn3)C2)n[nH]1. The normalized spacial score (nSPS) is 21.3. The Morgan fingerprint density at radius 1 is 1.52 bits per heavy atom. The molecule has 1 aliphatic rings. The van der Waals surface area contributed by atoms with Crippen LogP contribution in [0.25, 0.3) is 0 Å². The molecule has 124 valence electrons. The quantitative estimate of drug-likeness (QED) is 0.871. The van der Waals surface area contributed by atoms with Gasteiger partial charge in [0.15, 0.2) is 0 Å². The number of aliphatic hydroxyl groups is 1. The number of carbonyl (C=O) groups is 1. The second kappa shape index (κ2) is 5.77. The molecule has 3 rings (SSSR count). The van der Waals surface area contributed by atoms with Crippen molar-refractivity contribution in [3.05, 3.63) is 29.3 Å². The molecule has 3 heterocycles. The number of hydrogen-bond acceptors (Lipinski definition) is 5. The minimum absolute atomic E-state index is 0.173. The molecule has 0 aliphatic carbocycles. The average Bonchev–Trinajstić information content (AvgIpc) is 3.25. The molecule has 0 spiro atoms. The number of nitrogens with one attached hydrogen (secondary N) is 1. The fourth-order valence-electron chi connectivity index (χ4n) is 2.73. The standard InChI is InChI=1S/C15H22N6O2/c1-4-11-7-12(17-16-11)14(22)20-6-5-15(23,9-20)13-8-21(10(2)3)19-18-13/h7-8,10,23H,4-6,9H2,1-3H3,(H,16,17). The van der Waals surface area contributed by atoms with Gasteiger partial charge in [-0.2, -0.15) is 5.10 Å². The van der Waals surface area contributed by atoms with Crippen LogP contribution in [-0.4, -0.2) is 54.2 Å². The first kappa shape index (κ1) is 15.7. The smallest absolute Gasteiger partial charge is 0.274 e. The Balaban J connectivity index is 1.74. The summed E-state index contributed by atoms with van der Waals surface area (Å²) in [5.41, 5.74) is 0.671. The van der Waals surface area contributed by atoms with E-state index < -0.39 is 5.60 Å². The van der Waals surface area contributed by atoms with Crippen molar-refractivity contribution in [3.63, 3.8) is 0 Å². The number of likely N-dealkylation sites (tertiary alicyclic amines) is 1. The van der Waals surface area contributed by atoms with Gasteiger partial charge in [0.2, 0.25) is 0 Å². The minimum atomic E-state index is -1.15. The zero-order chi connectivity index (χ0) is 16.6. The molecule has 8 heteroatoms. The second-order valence-corrected chi connectivity index (χ2v) is 6.32. The predicted molar refractivity (Wildman–Crippen MR) is 82.8 cm³/mol. The van der Waals surface area contributed by atoms with Crippen molar-refractivity contribution in [1.29, 1.82) is 0 Å². The average molecular weight is 318 g/mol. The summed E-state index contributed by atoms with van der Waals surface area (Å²) in [6.07, 6.45) is 2.99. The fraction of sp³-hybridized carbons (Fsp3) is 0.600. The summed E-state index contributed by atoms with van der Waals surface area (Å²) in [6.45, 7) is 6.66. The van der Waals surface area contributed by atoms with Crippen LogP contribution in [0.1, 0.15) is 55.1 Å². The largest absolute Gasteiger partial charge is 0.381 e. The summed E-state index contributed by atoms with van der Waals surface area (Å²) in [6, 6.07) is 1.94. The van der Waals surface area contributed by atoms with Gasteiger partial charge < -0.3 is 10.0 Å². The number of H-pyrrole nitrogens is 1. The molecule has 1 atom stereocenters. The molecule has 2 N–H and O–H groups in total. The summed E-state index contributed by atoms with van der Waals surface area (Å²) in [5, 5.41) is 25.8. The maximum Gasteiger partial charge on any atom is 0.274 e. The lowest BCUT2D eigenvalue weighted by atomic mass is 10.00. The van der Waals surface area contributed by atoms with Crippen LogP contribution in [0.2, 0.25) is 0 Å². The van der Waals surface area contributed by atoms with Crippen LogP contribution >= 0.6 is 0 Å². The number of nitrogens with zero attached hydrogens (tertiary/aromatic N) is 5. The molecule has 2 aromatic heterocycles. The Kier molecular flexibility index (Phi) is 3.93. The fourth-order valence-corrected chi connectivity index (χ4v) is 2.73. The summed E-state index contributed by atoms with van der Waals surface area (Å²) in [4.78, 5) is 14.1. The van der Waals surface area contributed by atoms with Gasteiger partial charge in [0.05, 0.1) is 12.7 Å². The monoisotopic (exact) mass is 318 g/mol. The Morgan fingerprint density at radius 2 is 2.30 bits per heavy atom. The number of hydrogen-bond donors (Lipinski definition) is 2. The lowest BCUT2D eigenvalue weighted by molar-refractivity contribution is 0.0380. The molecule has 0 aromatic carbocycles. The number of aromatic nitrogens is 5. The van der Waals surface area contributed by atoms with E-state index in [1.165, 1.54) is 0 Å². The van der Waals surface area contributed by atoms with Crippen LogP contribution in [0.5, 0.6) is 0 Å². The van der Waals surface area contributed by atoms with Crippen molar-refractivity contribution in [3.8, 4) is 0 Å². The highest BCUT2D eigenvalue weighted by atomic mass is 16.3. The maximum absolute atomic E-state index is 12.5. The maximum atomic E-state index is 12.5. The number of β-amino-alcohol motifs (C(OH)–C–C–N with tert-alkyl or cyclic N) is 1. The number of aryl methyl sites for hydroxylation is 1. The lowest BCUT2D eigenvalue weighted by Gasteiger charge is -2.20. The van der Waals surface area contributed by atoms with Crippen LogP contribution < -0.4 is 0 Å². The van der Waals surface area contributed by atoms with Crippen molar-refractivity contribution >= 4 is 5.91 Å². The molecule has 0 radical (unpaired) electrons. The third-order valence-electron chi connectivity index (χ3n) is 4.28. The van der Waals surface area contributed by atoms with E-state index in [0.29, 0.717) is 24.4 Å². The molecule has 2 aromatic rings. The molecular formula is C15H22N6O2. The Hall–Kier alpha value is -2.22. The van der Waals surface area contributed by atoms with E-state index in [1.807, 2.05) is 20.8 Å². The van der Waals surface area contributed by atoms with Crippen molar-refractivity contribution in [2.75, 3.05) is 13.1 Å². The summed E-state index contributed by atoms with van der Waals surface area (Å²) < 4.78 is 1.71. The minimum Gasteiger partial charge on any atom is -0.381 e. The van der Waals surface area contributed by atoms with E-state index in [9.17, 15) is 9.90 Å². The summed E-state index contributed by atoms with van der Waals surface area (Å²) >= 11 is 0. The van der Waals surface area contributed by atoms with Crippen molar-refractivity contribution in [2.24, 2.45) is 0 Å². The van der Waals surface area contributed by atoms with Crippen LogP contribution in [0.4, 0.5) is 0 Å². The Morgan fingerprint density at radius 3 is 2.91 bits per heavy atom. The number of rotatable bonds is 4. The van der Waals surface area contributed by atoms with Gasteiger partial charge in [0.1, 0.15) is 17.0 Å². The molecule has 1 amide bonds. The van der Waals surface area contributed by atoms with E-state index in [-0.39, 0.29) is 18.5 Å². The van der Waals surface area contributed by atoms with Crippen LogP contribution in [0.15, 0.2) is 12.3 Å². The van der Waals surface area contributed by atoms with Gasteiger partial charge in [-0.25, -0.2) is 4.68 Å². The third-order valence-corrected chi connectivity index (χ3v) is 4.28. The number of amides is 1. The van der Waals surface area contributed by atoms with E-state index in [4.69, 9.17) is 0 Å². The molecular weight excluding hydrogens is 296 g/mol. The van der Waals surface area contributed by atoms with E-state index >= 15 is 0 Å². The first-order valence-corrected chi connectivity index (χ1v) is 7.91. The lowest BCUT2D eigenvalue weighted by Crippen LogP contribution is -2.34. The van der Waals surface area contributed by atoms with Gasteiger partial charge in [-0.15, -0.1) is 5.10 Å². The van der Waals surface area contributed by atoms with Crippen molar-refractivity contribution in [1.82, 2.24) is 30.1 Å². The van der Waals surface area contributed by atoms with Gasteiger partial charge in [-0.1, -0.05) is 12.1 Å². The highest BCUT2D eigenvalue weighted by molar-refractivity contribution is 5.92. The second-order valence-electron chi connectivity index (χ2n) is 6.32. The Bertz CT molecular complexity index is 706. The van der Waals surface area contributed by atoms with E-state index in [2.05, 4.69) is 20.5 Å². The zero-order valence-electron chi connectivity index (χ0n) is 13.7. The molecule has 1 aliphatic heterocycles. The highest BCUT2D eigenvalue weighted by Gasteiger charge is 2.42. The zero-order valence-corrected chi connectivity index (χ0v) is 13.7. The summed E-state index contributed by atoms with van der Waals surface area (Å²) in [7, 11) is 0.